The molecule has 2 heterocycles. The molecule has 0 spiro atoms. The fourth-order valence-electron chi connectivity index (χ4n) is 4.77. The first-order valence-electron chi connectivity index (χ1n) is 15.2. The third-order valence-electron chi connectivity index (χ3n) is 7.40. The highest BCUT2D eigenvalue weighted by Crippen LogP contribution is 2.16. The van der Waals surface area contributed by atoms with Gasteiger partial charge in [-0.25, -0.2) is 4.79 Å². The summed E-state index contributed by atoms with van der Waals surface area (Å²) in [6.45, 7) is 10.1. The Balaban J connectivity index is 1.81. The largest absolute Gasteiger partial charge is 0.494 e. The van der Waals surface area contributed by atoms with Crippen molar-refractivity contribution in [1.29, 1.82) is 0 Å². The molecule has 4 rings (SSSR count). The van der Waals surface area contributed by atoms with Gasteiger partial charge in [-0.1, -0.05) is 62.7 Å². The molecule has 0 aliphatic carbocycles. The molecule has 2 bridgehead atoms. The van der Waals surface area contributed by atoms with Crippen molar-refractivity contribution in [3.05, 3.63) is 65.7 Å². The zero-order valence-electron chi connectivity index (χ0n) is 26.0. The van der Waals surface area contributed by atoms with Gasteiger partial charge in [-0.05, 0) is 69.2 Å². The average molecular weight is 597 g/mol. The number of ether oxygens (including phenoxy) is 2. The molecule has 43 heavy (non-hydrogen) atoms. The topological polar surface area (TPSA) is 138 Å². The van der Waals surface area contributed by atoms with Gasteiger partial charge in [0.25, 0.3) is 0 Å². The monoisotopic (exact) mass is 596 g/mol. The highest BCUT2D eigenvalue weighted by molar-refractivity contribution is 5.90. The number of hydrogen-bond acceptors (Lipinski definition) is 7. The molecule has 0 radical (unpaired) electrons. The van der Waals surface area contributed by atoms with Gasteiger partial charge in [0.05, 0.1) is 24.8 Å². The Morgan fingerprint density at radius 3 is 2.44 bits per heavy atom. The molecule has 5 N–H and O–H groups in total. The number of benzene rings is 2. The molecule has 2 aromatic rings. The third-order valence-corrected chi connectivity index (χ3v) is 7.40. The lowest BCUT2D eigenvalue weighted by atomic mass is 9.96. The predicted molar refractivity (Wildman–Crippen MR) is 166 cm³/mol. The van der Waals surface area contributed by atoms with Crippen molar-refractivity contribution in [2.45, 2.75) is 90.1 Å². The van der Waals surface area contributed by atoms with Crippen molar-refractivity contribution in [2.75, 3.05) is 19.7 Å². The van der Waals surface area contributed by atoms with E-state index in [4.69, 9.17) is 9.47 Å². The second-order valence-electron chi connectivity index (χ2n) is 12.2. The molecule has 0 fully saturated rings. The molecular weight excluding hydrogens is 548 g/mol. The lowest BCUT2D eigenvalue weighted by molar-refractivity contribution is -0.131. The smallest absolute Gasteiger partial charge is 0.407 e. The first-order valence-corrected chi connectivity index (χ1v) is 15.2. The molecule has 3 amide bonds. The minimum atomic E-state index is -1.05. The van der Waals surface area contributed by atoms with Crippen molar-refractivity contribution < 1.29 is 29.0 Å². The number of hydrogen-bond donors (Lipinski definition) is 5. The number of carbonyl (C=O) groups is 3. The maximum absolute atomic E-state index is 13.7. The molecular formula is C33H48N4O6. The Morgan fingerprint density at radius 2 is 1.79 bits per heavy atom. The number of rotatable bonds is 9. The molecule has 10 nitrogen and oxygen atoms in total. The minimum absolute atomic E-state index is 0.00672. The zero-order valence-corrected chi connectivity index (χ0v) is 26.0. The van der Waals surface area contributed by atoms with Crippen LogP contribution in [0.15, 0.2) is 54.6 Å². The van der Waals surface area contributed by atoms with E-state index >= 15 is 0 Å². The summed E-state index contributed by atoms with van der Waals surface area (Å²) < 4.78 is 11.2. The van der Waals surface area contributed by atoms with E-state index in [0.29, 0.717) is 44.6 Å². The molecule has 5 atom stereocenters. The fourth-order valence-corrected chi connectivity index (χ4v) is 4.77. The van der Waals surface area contributed by atoms with Crippen LogP contribution in [-0.2, 0) is 27.2 Å². The van der Waals surface area contributed by atoms with E-state index in [0.717, 1.165) is 11.1 Å². The van der Waals surface area contributed by atoms with Gasteiger partial charge < -0.3 is 35.8 Å². The van der Waals surface area contributed by atoms with Gasteiger partial charge in [-0.15, -0.1) is 0 Å². The van der Waals surface area contributed by atoms with Crippen molar-refractivity contribution in [3.63, 3.8) is 0 Å². The highest BCUT2D eigenvalue weighted by Gasteiger charge is 2.31. The van der Waals surface area contributed by atoms with Gasteiger partial charge in [0, 0.05) is 13.1 Å². The molecule has 2 aliphatic heterocycles. The summed E-state index contributed by atoms with van der Waals surface area (Å²) in [5, 5.41) is 23.2. The van der Waals surface area contributed by atoms with Crippen LogP contribution in [0.5, 0.6) is 5.75 Å². The van der Waals surface area contributed by atoms with Crippen LogP contribution in [0.3, 0.4) is 0 Å². The van der Waals surface area contributed by atoms with Gasteiger partial charge in [-0.3, -0.25) is 9.59 Å². The van der Waals surface area contributed by atoms with E-state index in [-0.39, 0.29) is 24.3 Å². The van der Waals surface area contributed by atoms with Crippen LogP contribution in [0.25, 0.3) is 0 Å². The van der Waals surface area contributed by atoms with E-state index in [2.05, 4.69) is 21.3 Å². The number of amides is 3. The molecule has 0 aromatic heterocycles. The summed E-state index contributed by atoms with van der Waals surface area (Å²) in [7, 11) is 0. The Labute approximate surface area is 255 Å². The number of fused-ring (bicyclic) bond motifs is 12. The molecule has 2 aromatic carbocycles. The average Bonchev–Trinajstić information content (AvgIpc) is 2.97. The van der Waals surface area contributed by atoms with E-state index in [1.54, 1.807) is 20.8 Å². The van der Waals surface area contributed by atoms with Crippen LogP contribution in [0.1, 0.15) is 58.6 Å². The number of carbonyl (C=O) groups excluding carboxylic acids is 3. The normalized spacial score (nSPS) is 20.3. The van der Waals surface area contributed by atoms with Gasteiger partial charge in [0.1, 0.15) is 17.4 Å². The summed E-state index contributed by atoms with van der Waals surface area (Å²) in [4.78, 5) is 39.4. The quantitative estimate of drug-likeness (QED) is 0.300. The lowest BCUT2D eigenvalue weighted by Crippen LogP contribution is -2.57. The van der Waals surface area contributed by atoms with E-state index in [9.17, 15) is 19.5 Å². The zero-order chi connectivity index (χ0) is 31.4. The van der Waals surface area contributed by atoms with Gasteiger partial charge in [0.15, 0.2) is 0 Å². The van der Waals surface area contributed by atoms with Gasteiger partial charge >= 0.3 is 6.09 Å². The predicted octanol–water partition coefficient (Wildman–Crippen LogP) is 3.11. The van der Waals surface area contributed by atoms with Crippen LogP contribution >= 0.6 is 0 Å². The lowest BCUT2D eigenvalue weighted by Gasteiger charge is -2.29. The molecule has 10 heteroatoms. The van der Waals surface area contributed by atoms with Gasteiger partial charge in [0.2, 0.25) is 11.8 Å². The number of alkyl carbamates (subject to hydrolysis) is 1. The Bertz CT molecular complexity index is 1170. The summed E-state index contributed by atoms with van der Waals surface area (Å²) in [6, 6.07) is 14.9. The van der Waals surface area contributed by atoms with E-state index in [1.807, 2.05) is 68.4 Å². The van der Waals surface area contributed by atoms with Gasteiger partial charge in [-0.2, -0.15) is 0 Å². The summed E-state index contributed by atoms with van der Waals surface area (Å²) >= 11 is 0. The first kappa shape index (κ1) is 33.9. The van der Waals surface area contributed by atoms with Crippen LogP contribution in [0.2, 0.25) is 0 Å². The number of aliphatic hydroxyl groups excluding tert-OH is 1. The van der Waals surface area contributed by atoms with Crippen molar-refractivity contribution in [2.24, 2.45) is 5.92 Å². The summed E-state index contributed by atoms with van der Waals surface area (Å²) in [6.07, 6.45) is 0.328. The molecule has 0 unspecified atom stereocenters. The highest BCUT2D eigenvalue weighted by atomic mass is 16.6. The number of aliphatic hydroxyl groups is 1. The maximum atomic E-state index is 13.7. The SMILES string of the molecule is CC[C@@H](C)[C@@H]1NC(=O)[C@@H](NC[C@@H](O)[C@H](Cc2ccccc2)NC(=O)OC(C)(C)C)Cc2ccc(cc2)OCCCNC1=O. The Morgan fingerprint density at radius 1 is 1.09 bits per heavy atom. The van der Waals surface area contributed by atoms with Crippen molar-refractivity contribution in [1.82, 2.24) is 21.3 Å². The minimum Gasteiger partial charge on any atom is -0.494 e. The summed E-state index contributed by atoms with van der Waals surface area (Å²) in [5.41, 5.74) is 1.12. The molecule has 2 aliphatic rings. The van der Waals surface area contributed by atoms with Crippen LogP contribution in [-0.4, -0.2) is 72.5 Å². The van der Waals surface area contributed by atoms with Crippen LogP contribution in [0.4, 0.5) is 4.79 Å². The Hall–Kier alpha value is -3.63. The van der Waals surface area contributed by atoms with Crippen molar-refractivity contribution in [3.8, 4) is 5.75 Å². The molecule has 236 valence electrons. The molecule has 0 saturated carbocycles. The van der Waals surface area contributed by atoms with Crippen molar-refractivity contribution >= 4 is 17.9 Å². The fraction of sp³-hybridized carbons (Fsp3) is 0.545. The third kappa shape index (κ3) is 11.5. The molecule has 0 saturated heterocycles. The standard InChI is InChI=1S/C33H48N4O6/c1-6-22(2)29-31(40)34-17-10-18-42-25-15-13-24(14-16-25)20-27(30(39)37-29)35-21-28(38)26(19-23-11-8-7-9-12-23)36-32(41)43-33(3,4)5/h7-9,11-16,22,26-29,35,38H,6,10,17-21H2,1-5H3,(H,34,40)(H,36,41)(H,37,39)/t22-,26+,27+,28-,29+/m1/s1. The number of nitrogens with one attached hydrogen (secondary N) is 4. The second-order valence-corrected chi connectivity index (χ2v) is 12.2. The Kier molecular flexibility index (Phi) is 12.8. The van der Waals surface area contributed by atoms with E-state index in [1.165, 1.54) is 0 Å². The first-order chi connectivity index (χ1) is 20.4. The van der Waals surface area contributed by atoms with Crippen LogP contribution in [0, 0.1) is 5.92 Å². The van der Waals surface area contributed by atoms with E-state index < -0.39 is 35.9 Å². The second kappa shape index (κ2) is 16.3. The maximum Gasteiger partial charge on any atom is 0.407 e. The summed E-state index contributed by atoms with van der Waals surface area (Å²) in [5.74, 6) is 0.0426. The van der Waals surface area contributed by atoms with Crippen LogP contribution < -0.4 is 26.0 Å².